The van der Waals surface area contributed by atoms with E-state index in [1.54, 1.807) is 0 Å². The zero-order chi connectivity index (χ0) is 18.7. The molecule has 0 bridgehead atoms. The van der Waals surface area contributed by atoms with E-state index in [1.807, 2.05) is 30.2 Å². The van der Waals surface area contributed by atoms with E-state index in [1.165, 1.54) is 11.1 Å². The van der Waals surface area contributed by atoms with Crippen LogP contribution in [0.4, 0.5) is 10.5 Å². The molecule has 2 aromatic rings. The second-order valence-corrected chi connectivity index (χ2v) is 8.56. The molecule has 0 N–H and O–H groups in total. The van der Waals surface area contributed by atoms with Crippen LogP contribution < -0.4 is 4.90 Å². The number of carbonyl (C=O) groups is 1. The number of halogens is 1. The maximum atomic E-state index is 13.2. The average Bonchev–Trinajstić information content (AvgIpc) is 2.95. The maximum Gasteiger partial charge on any atom is 0.321 e. The lowest BCUT2D eigenvalue weighted by Crippen LogP contribution is -2.64. The lowest BCUT2D eigenvalue weighted by Gasteiger charge is -2.50. The minimum absolute atomic E-state index is 0.148. The SMILES string of the molecule is Cc1cc(C)c2c(n1)C1CCN(C3CN(c4ccnc(Br)c4)C3)C(=O)N1C2. The average molecular weight is 428 g/mol. The second kappa shape index (κ2) is 6.19. The molecule has 0 spiro atoms. The van der Waals surface area contributed by atoms with Crippen molar-refractivity contribution in [1.29, 1.82) is 0 Å². The summed E-state index contributed by atoms with van der Waals surface area (Å²) in [4.78, 5) is 28.5. The lowest BCUT2D eigenvalue weighted by atomic mass is 10.0. The number of nitrogens with zero attached hydrogens (tertiary/aromatic N) is 5. The monoisotopic (exact) mass is 427 g/mol. The molecule has 2 saturated heterocycles. The molecule has 0 aromatic carbocycles. The first-order valence-electron chi connectivity index (χ1n) is 9.42. The van der Waals surface area contributed by atoms with Crippen LogP contribution in [0.25, 0.3) is 0 Å². The Morgan fingerprint density at radius 1 is 1.19 bits per heavy atom. The fourth-order valence-electron chi connectivity index (χ4n) is 4.61. The van der Waals surface area contributed by atoms with Gasteiger partial charge in [0.15, 0.2) is 0 Å². The van der Waals surface area contributed by atoms with Crippen molar-refractivity contribution < 1.29 is 4.79 Å². The number of pyridine rings is 2. The van der Waals surface area contributed by atoms with Crippen LogP contribution in [0.3, 0.4) is 0 Å². The Labute approximate surface area is 167 Å². The molecule has 6 nitrogen and oxygen atoms in total. The summed E-state index contributed by atoms with van der Waals surface area (Å²) in [5, 5.41) is 0. The summed E-state index contributed by atoms with van der Waals surface area (Å²) in [5.41, 5.74) is 5.82. The third kappa shape index (κ3) is 2.71. The summed E-state index contributed by atoms with van der Waals surface area (Å²) >= 11 is 3.43. The van der Waals surface area contributed by atoms with Gasteiger partial charge in [-0.2, -0.15) is 0 Å². The van der Waals surface area contributed by atoms with Gasteiger partial charge in [-0.1, -0.05) is 0 Å². The van der Waals surface area contributed by atoms with Gasteiger partial charge in [0.25, 0.3) is 0 Å². The van der Waals surface area contributed by atoms with Crippen molar-refractivity contribution in [2.45, 2.75) is 38.9 Å². The molecule has 7 heteroatoms. The van der Waals surface area contributed by atoms with E-state index in [9.17, 15) is 4.79 Å². The highest BCUT2D eigenvalue weighted by Gasteiger charge is 2.45. The van der Waals surface area contributed by atoms with Crippen LogP contribution in [0.15, 0.2) is 29.0 Å². The molecule has 2 fully saturated rings. The van der Waals surface area contributed by atoms with Gasteiger partial charge in [0.1, 0.15) is 4.60 Å². The molecule has 0 saturated carbocycles. The van der Waals surface area contributed by atoms with Crippen LogP contribution in [-0.2, 0) is 6.54 Å². The van der Waals surface area contributed by atoms with Crippen LogP contribution in [0.1, 0.15) is 35.0 Å². The molecule has 140 valence electrons. The maximum absolute atomic E-state index is 13.2. The fraction of sp³-hybridized carbons (Fsp3) is 0.450. The zero-order valence-electron chi connectivity index (χ0n) is 15.5. The molecule has 5 rings (SSSR count). The van der Waals surface area contributed by atoms with Gasteiger partial charge in [-0.15, -0.1) is 0 Å². The number of aromatic nitrogens is 2. The van der Waals surface area contributed by atoms with E-state index >= 15 is 0 Å². The zero-order valence-corrected chi connectivity index (χ0v) is 17.1. The molecule has 2 aromatic heterocycles. The Kier molecular flexibility index (Phi) is 3.89. The summed E-state index contributed by atoms with van der Waals surface area (Å²) in [6.45, 7) is 7.43. The number of urea groups is 1. The number of amides is 2. The summed E-state index contributed by atoms with van der Waals surface area (Å²) in [5.74, 6) is 0. The van der Waals surface area contributed by atoms with Gasteiger partial charge in [0, 0.05) is 37.2 Å². The van der Waals surface area contributed by atoms with E-state index in [2.05, 4.69) is 43.7 Å². The summed E-state index contributed by atoms with van der Waals surface area (Å²) in [6, 6.07) is 6.76. The molecule has 2 amide bonds. The number of hydrogen-bond acceptors (Lipinski definition) is 4. The first-order chi connectivity index (χ1) is 13.0. The lowest BCUT2D eigenvalue weighted by molar-refractivity contribution is 0.0757. The van der Waals surface area contributed by atoms with E-state index in [0.717, 1.165) is 47.7 Å². The number of anilines is 1. The summed E-state index contributed by atoms with van der Waals surface area (Å²) in [6.07, 6.45) is 2.77. The number of hydrogen-bond donors (Lipinski definition) is 0. The minimum atomic E-state index is 0.148. The van der Waals surface area contributed by atoms with Gasteiger partial charge in [0.05, 0.1) is 24.3 Å². The first kappa shape index (κ1) is 17.0. The Morgan fingerprint density at radius 3 is 2.78 bits per heavy atom. The molecular formula is C20H22BrN5O. The predicted molar refractivity (Wildman–Crippen MR) is 107 cm³/mol. The van der Waals surface area contributed by atoms with Gasteiger partial charge in [-0.05, 0) is 65.5 Å². The molecule has 3 aliphatic heterocycles. The smallest absolute Gasteiger partial charge is 0.321 e. The van der Waals surface area contributed by atoms with Gasteiger partial charge in [0.2, 0.25) is 0 Å². The molecule has 27 heavy (non-hydrogen) atoms. The van der Waals surface area contributed by atoms with Crippen LogP contribution in [-0.4, -0.2) is 51.5 Å². The highest BCUT2D eigenvalue weighted by atomic mass is 79.9. The fourth-order valence-corrected chi connectivity index (χ4v) is 4.96. The Balaban J connectivity index is 1.30. The molecular weight excluding hydrogens is 406 g/mol. The van der Waals surface area contributed by atoms with E-state index in [0.29, 0.717) is 6.54 Å². The molecule has 1 unspecified atom stereocenters. The minimum Gasteiger partial charge on any atom is -0.367 e. The second-order valence-electron chi connectivity index (χ2n) is 7.75. The highest BCUT2D eigenvalue weighted by Crippen LogP contribution is 2.41. The highest BCUT2D eigenvalue weighted by molar-refractivity contribution is 9.10. The third-order valence-corrected chi connectivity index (χ3v) is 6.47. The van der Waals surface area contributed by atoms with Gasteiger partial charge >= 0.3 is 6.03 Å². The van der Waals surface area contributed by atoms with Crippen LogP contribution in [0.2, 0.25) is 0 Å². The number of fused-ring (bicyclic) bond motifs is 3. The Bertz CT molecular complexity index is 927. The van der Waals surface area contributed by atoms with Gasteiger partial charge in [-0.25, -0.2) is 9.78 Å². The van der Waals surface area contributed by atoms with Crippen molar-refractivity contribution >= 4 is 27.6 Å². The molecule has 1 atom stereocenters. The largest absolute Gasteiger partial charge is 0.367 e. The summed E-state index contributed by atoms with van der Waals surface area (Å²) < 4.78 is 0.841. The quantitative estimate of drug-likeness (QED) is 0.688. The van der Waals surface area contributed by atoms with Crippen molar-refractivity contribution in [3.8, 4) is 0 Å². The number of aryl methyl sites for hydroxylation is 2. The predicted octanol–water partition coefficient (Wildman–Crippen LogP) is 3.43. The molecule has 0 aliphatic carbocycles. The Hall–Kier alpha value is -2.15. The third-order valence-electron chi connectivity index (χ3n) is 6.04. The van der Waals surface area contributed by atoms with Crippen LogP contribution in [0.5, 0.6) is 0 Å². The van der Waals surface area contributed by atoms with Gasteiger partial charge in [-0.3, -0.25) is 4.98 Å². The van der Waals surface area contributed by atoms with E-state index in [4.69, 9.17) is 4.98 Å². The normalized spacial score (nSPS) is 22.0. The van der Waals surface area contributed by atoms with E-state index < -0.39 is 0 Å². The van der Waals surface area contributed by atoms with Crippen LogP contribution >= 0.6 is 15.9 Å². The topological polar surface area (TPSA) is 52.6 Å². The Morgan fingerprint density at radius 2 is 2.00 bits per heavy atom. The number of rotatable bonds is 2. The van der Waals surface area contributed by atoms with E-state index in [-0.39, 0.29) is 18.1 Å². The molecule has 0 radical (unpaired) electrons. The van der Waals surface area contributed by atoms with Crippen molar-refractivity contribution in [3.63, 3.8) is 0 Å². The van der Waals surface area contributed by atoms with Gasteiger partial charge < -0.3 is 14.7 Å². The standard InChI is InChI=1S/C20H22BrN5O/c1-12-7-13(2)23-19-16(12)11-26-17(19)4-6-25(20(26)27)15-9-24(10-15)14-3-5-22-18(21)8-14/h3,5,7-8,15,17H,4,6,9-11H2,1-2H3. The van der Waals surface area contributed by atoms with Crippen molar-refractivity contribution in [3.05, 3.63) is 51.5 Å². The molecule has 3 aliphatic rings. The van der Waals surface area contributed by atoms with Crippen molar-refractivity contribution in [1.82, 2.24) is 19.8 Å². The van der Waals surface area contributed by atoms with Crippen molar-refractivity contribution in [2.24, 2.45) is 0 Å². The first-order valence-corrected chi connectivity index (χ1v) is 10.2. The van der Waals surface area contributed by atoms with Crippen molar-refractivity contribution in [2.75, 3.05) is 24.5 Å². The number of carbonyl (C=O) groups excluding carboxylic acids is 1. The summed E-state index contributed by atoms with van der Waals surface area (Å²) in [7, 11) is 0. The van der Waals surface area contributed by atoms with Crippen LogP contribution in [0, 0.1) is 13.8 Å². The molecule has 5 heterocycles.